The largest absolute Gasteiger partial charge is 0.484 e. The first-order valence-electron chi connectivity index (χ1n) is 7.11. The Morgan fingerprint density at radius 2 is 1.77 bits per heavy atom. The van der Waals surface area contributed by atoms with Gasteiger partial charge in [-0.05, 0) is 38.5 Å². The van der Waals surface area contributed by atoms with Gasteiger partial charge >= 0.3 is 12.2 Å². The number of carbonyl (C=O) groups is 1. The van der Waals surface area contributed by atoms with Crippen LogP contribution in [-0.4, -0.2) is 36.8 Å². The lowest BCUT2D eigenvalue weighted by Gasteiger charge is -2.22. The topological polar surface area (TPSA) is 41.6 Å². The first-order chi connectivity index (χ1) is 10.3. The van der Waals surface area contributed by atoms with Crippen LogP contribution < -0.4 is 10.1 Å². The van der Waals surface area contributed by atoms with Gasteiger partial charge in [-0.3, -0.25) is 0 Å². The highest BCUT2D eigenvalue weighted by Crippen LogP contribution is 2.21. The average Bonchev–Trinajstić information content (AvgIpc) is 2.46. The Morgan fingerprint density at radius 1 is 1.23 bits per heavy atom. The zero-order chi connectivity index (χ0) is 16.8. The number of hydrogen-bond acceptors (Lipinski definition) is 2. The van der Waals surface area contributed by atoms with E-state index in [1.54, 1.807) is 17.0 Å². The molecule has 4 nitrogen and oxygen atoms in total. The van der Waals surface area contributed by atoms with Crippen LogP contribution in [0.1, 0.15) is 32.4 Å². The van der Waals surface area contributed by atoms with Crippen molar-refractivity contribution in [3.05, 3.63) is 29.8 Å². The van der Waals surface area contributed by atoms with E-state index in [4.69, 9.17) is 0 Å². The van der Waals surface area contributed by atoms with Gasteiger partial charge in [0, 0.05) is 13.1 Å². The fourth-order valence-electron chi connectivity index (χ4n) is 1.89. The molecule has 0 aliphatic carbocycles. The number of ether oxygens (including phenoxy) is 1. The smallest absolute Gasteiger partial charge is 0.422 e. The molecule has 0 saturated heterocycles. The Morgan fingerprint density at radius 3 is 2.23 bits per heavy atom. The zero-order valence-electron chi connectivity index (χ0n) is 12.9. The lowest BCUT2D eigenvalue weighted by atomic mass is 10.1. The Balaban J connectivity index is 2.60. The number of nitrogens with one attached hydrogen (secondary N) is 1. The van der Waals surface area contributed by atoms with E-state index in [9.17, 15) is 18.0 Å². The third-order valence-corrected chi connectivity index (χ3v) is 3.17. The highest BCUT2D eigenvalue weighted by molar-refractivity contribution is 5.74. The molecule has 7 heteroatoms. The fraction of sp³-hybridized carbons (Fsp3) is 0.533. The molecule has 0 fully saturated rings. The summed E-state index contributed by atoms with van der Waals surface area (Å²) < 4.78 is 40.8. The molecule has 0 aromatic heterocycles. The molecule has 0 bridgehead atoms. The summed E-state index contributed by atoms with van der Waals surface area (Å²) in [5.74, 6) is 0.142. The third kappa shape index (κ3) is 5.83. The molecule has 1 unspecified atom stereocenters. The molecule has 22 heavy (non-hydrogen) atoms. The van der Waals surface area contributed by atoms with Crippen molar-refractivity contribution < 1.29 is 22.7 Å². The second-order valence-electron chi connectivity index (χ2n) is 4.82. The minimum atomic E-state index is -4.36. The minimum Gasteiger partial charge on any atom is -0.484 e. The number of hydrogen-bond donors (Lipinski definition) is 1. The molecular formula is C15H21F3N2O2. The van der Waals surface area contributed by atoms with Gasteiger partial charge in [-0.25, -0.2) is 4.79 Å². The van der Waals surface area contributed by atoms with Gasteiger partial charge < -0.3 is 15.0 Å². The van der Waals surface area contributed by atoms with Crippen LogP contribution in [0.15, 0.2) is 24.3 Å². The lowest BCUT2D eigenvalue weighted by molar-refractivity contribution is -0.153. The van der Waals surface area contributed by atoms with Crippen LogP contribution in [0.3, 0.4) is 0 Å². The Kier molecular flexibility index (Phi) is 6.52. The molecule has 0 heterocycles. The van der Waals surface area contributed by atoms with Crippen LogP contribution in [0.4, 0.5) is 18.0 Å². The number of urea groups is 1. The number of alkyl halides is 3. The maximum absolute atomic E-state index is 12.1. The molecule has 2 amide bonds. The van der Waals surface area contributed by atoms with E-state index in [2.05, 4.69) is 10.1 Å². The molecule has 1 N–H and O–H groups in total. The first kappa shape index (κ1) is 18.1. The van der Waals surface area contributed by atoms with E-state index < -0.39 is 12.8 Å². The monoisotopic (exact) mass is 318 g/mol. The van der Waals surface area contributed by atoms with Gasteiger partial charge in [0.05, 0.1) is 6.04 Å². The minimum absolute atomic E-state index is 0.142. The second kappa shape index (κ2) is 7.91. The number of rotatable bonds is 6. The average molecular weight is 318 g/mol. The van der Waals surface area contributed by atoms with Crippen LogP contribution >= 0.6 is 0 Å². The van der Waals surface area contributed by atoms with Gasteiger partial charge in [-0.1, -0.05) is 12.1 Å². The summed E-state index contributed by atoms with van der Waals surface area (Å²) >= 11 is 0. The van der Waals surface area contributed by atoms with E-state index in [-0.39, 0.29) is 17.8 Å². The van der Waals surface area contributed by atoms with Crippen molar-refractivity contribution in [2.45, 2.75) is 33.0 Å². The maximum atomic E-state index is 12.1. The summed E-state index contributed by atoms with van der Waals surface area (Å²) in [6, 6.07) is 5.78. The van der Waals surface area contributed by atoms with Gasteiger partial charge in [0.25, 0.3) is 0 Å². The Hall–Kier alpha value is -1.92. The molecule has 124 valence electrons. The zero-order valence-corrected chi connectivity index (χ0v) is 12.9. The van der Waals surface area contributed by atoms with E-state index in [0.717, 1.165) is 5.56 Å². The SMILES string of the molecule is CCN(CC)C(=O)NC(C)c1ccc(OCC(F)(F)F)cc1. The van der Waals surface area contributed by atoms with E-state index >= 15 is 0 Å². The molecule has 0 aliphatic rings. The molecule has 1 atom stereocenters. The lowest BCUT2D eigenvalue weighted by Crippen LogP contribution is -2.40. The van der Waals surface area contributed by atoms with Crippen LogP contribution in [0, 0.1) is 0 Å². The number of carbonyl (C=O) groups excluding carboxylic acids is 1. The highest BCUT2D eigenvalue weighted by Gasteiger charge is 2.28. The molecule has 0 aliphatic heterocycles. The number of nitrogens with zero attached hydrogens (tertiary/aromatic N) is 1. The molecular weight excluding hydrogens is 297 g/mol. The summed E-state index contributed by atoms with van der Waals surface area (Å²) in [6.07, 6.45) is -4.36. The molecule has 0 saturated carbocycles. The van der Waals surface area contributed by atoms with Crippen molar-refractivity contribution in [1.29, 1.82) is 0 Å². The fourth-order valence-corrected chi connectivity index (χ4v) is 1.89. The molecule has 1 aromatic rings. The van der Waals surface area contributed by atoms with Crippen molar-refractivity contribution in [1.82, 2.24) is 10.2 Å². The maximum Gasteiger partial charge on any atom is 0.422 e. The van der Waals surface area contributed by atoms with Crippen molar-refractivity contribution >= 4 is 6.03 Å². The van der Waals surface area contributed by atoms with Crippen LogP contribution in [0.5, 0.6) is 5.75 Å². The third-order valence-electron chi connectivity index (χ3n) is 3.17. The summed E-state index contributed by atoms with van der Waals surface area (Å²) in [5, 5.41) is 2.84. The second-order valence-corrected chi connectivity index (χ2v) is 4.82. The van der Waals surface area contributed by atoms with Gasteiger partial charge in [0.15, 0.2) is 6.61 Å². The summed E-state index contributed by atoms with van der Waals surface area (Å²) in [4.78, 5) is 13.6. The quantitative estimate of drug-likeness (QED) is 0.868. The molecule has 1 rings (SSSR count). The highest BCUT2D eigenvalue weighted by atomic mass is 19.4. The van der Waals surface area contributed by atoms with Gasteiger partial charge in [0.1, 0.15) is 5.75 Å². The van der Waals surface area contributed by atoms with Crippen LogP contribution in [0.25, 0.3) is 0 Å². The summed E-state index contributed by atoms with van der Waals surface area (Å²) in [7, 11) is 0. The molecule has 0 radical (unpaired) electrons. The first-order valence-corrected chi connectivity index (χ1v) is 7.11. The van der Waals surface area contributed by atoms with Gasteiger partial charge in [-0.15, -0.1) is 0 Å². The number of halogens is 3. The van der Waals surface area contributed by atoms with E-state index in [1.807, 2.05) is 20.8 Å². The van der Waals surface area contributed by atoms with E-state index in [0.29, 0.717) is 13.1 Å². The predicted octanol–water partition coefficient (Wildman–Crippen LogP) is 3.74. The number of benzene rings is 1. The Bertz CT molecular complexity index is 471. The summed E-state index contributed by atoms with van der Waals surface area (Å²) in [6.45, 7) is 5.49. The van der Waals surface area contributed by atoms with E-state index in [1.165, 1.54) is 12.1 Å². The standard InChI is InChI=1S/C15H21F3N2O2/c1-4-20(5-2)14(21)19-11(3)12-6-8-13(9-7-12)22-10-15(16,17)18/h6-9,11H,4-5,10H2,1-3H3,(H,19,21). The molecule has 1 aromatic carbocycles. The Labute approximate surface area is 128 Å². The van der Waals surface area contributed by atoms with Crippen molar-refractivity contribution in [3.8, 4) is 5.75 Å². The van der Waals surface area contributed by atoms with Crippen molar-refractivity contribution in [2.24, 2.45) is 0 Å². The summed E-state index contributed by atoms with van der Waals surface area (Å²) in [5.41, 5.74) is 0.792. The van der Waals surface area contributed by atoms with Gasteiger partial charge in [0.2, 0.25) is 0 Å². The van der Waals surface area contributed by atoms with Crippen LogP contribution in [0.2, 0.25) is 0 Å². The normalized spacial score (nSPS) is 12.6. The van der Waals surface area contributed by atoms with Crippen molar-refractivity contribution in [3.63, 3.8) is 0 Å². The van der Waals surface area contributed by atoms with Crippen molar-refractivity contribution in [2.75, 3.05) is 19.7 Å². The number of amides is 2. The molecule has 0 spiro atoms. The van der Waals surface area contributed by atoms with Gasteiger partial charge in [-0.2, -0.15) is 13.2 Å². The van der Waals surface area contributed by atoms with Crippen LogP contribution in [-0.2, 0) is 0 Å². The predicted molar refractivity (Wildman–Crippen MR) is 77.9 cm³/mol.